The summed E-state index contributed by atoms with van der Waals surface area (Å²) in [7, 11) is 0. The summed E-state index contributed by atoms with van der Waals surface area (Å²) >= 11 is 0. The summed E-state index contributed by atoms with van der Waals surface area (Å²) in [4.78, 5) is 11.8. The highest BCUT2D eigenvalue weighted by atomic mass is 19.1. The molecule has 0 saturated carbocycles. The smallest absolute Gasteiger partial charge is 0.262 e. The third-order valence-corrected chi connectivity index (χ3v) is 2.88. The fraction of sp³-hybridized carbons (Fsp3) is 0.188. The van der Waals surface area contributed by atoms with Crippen LogP contribution in [0.15, 0.2) is 48.5 Å². The first-order valence-electron chi connectivity index (χ1n) is 6.59. The number of benzene rings is 2. The lowest BCUT2D eigenvalue weighted by Crippen LogP contribution is -2.21. The summed E-state index contributed by atoms with van der Waals surface area (Å²) in [6.45, 7) is 1.56. The molecule has 0 bridgehead atoms. The SMILES string of the molecule is C[C@@H](N)c1cc(F)ccc1OCC(=O)Nc1ccccc1. The molecule has 4 nitrogen and oxygen atoms in total. The number of anilines is 1. The van der Waals surface area contributed by atoms with E-state index in [2.05, 4.69) is 5.32 Å². The van der Waals surface area contributed by atoms with Crippen LogP contribution in [0.2, 0.25) is 0 Å². The van der Waals surface area contributed by atoms with Crippen molar-refractivity contribution in [2.24, 2.45) is 5.73 Å². The third kappa shape index (κ3) is 4.29. The van der Waals surface area contributed by atoms with Crippen LogP contribution in [0, 0.1) is 5.82 Å². The molecule has 21 heavy (non-hydrogen) atoms. The molecule has 1 amide bonds. The molecular formula is C16H17FN2O2. The van der Waals surface area contributed by atoms with E-state index in [9.17, 15) is 9.18 Å². The minimum Gasteiger partial charge on any atom is -0.483 e. The second-order valence-corrected chi connectivity index (χ2v) is 4.67. The van der Waals surface area contributed by atoms with Gasteiger partial charge in [0, 0.05) is 17.3 Å². The molecule has 2 aromatic rings. The van der Waals surface area contributed by atoms with Crippen molar-refractivity contribution in [1.29, 1.82) is 0 Å². The number of carbonyl (C=O) groups excluding carboxylic acids is 1. The summed E-state index contributed by atoms with van der Waals surface area (Å²) in [6, 6.07) is 12.8. The van der Waals surface area contributed by atoms with E-state index in [1.807, 2.05) is 18.2 Å². The molecule has 0 fully saturated rings. The van der Waals surface area contributed by atoms with Gasteiger partial charge in [-0.1, -0.05) is 18.2 Å². The van der Waals surface area contributed by atoms with E-state index in [1.54, 1.807) is 19.1 Å². The molecule has 0 aromatic heterocycles. The number of carbonyl (C=O) groups is 1. The zero-order chi connectivity index (χ0) is 15.2. The highest BCUT2D eigenvalue weighted by Crippen LogP contribution is 2.24. The first kappa shape index (κ1) is 15.0. The Morgan fingerprint density at radius 2 is 2.00 bits per heavy atom. The summed E-state index contributed by atoms with van der Waals surface area (Å²) in [5, 5.41) is 2.70. The minimum atomic E-state index is -0.386. The molecule has 5 heteroatoms. The molecule has 0 aliphatic heterocycles. The van der Waals surface area contributed by atoms with E-state index < -0.39 is 0 Å². The van der Waals surface area contributed by atoms with Crippen LogP contribution in [0.3, 0.4) is 0 Å². The van der Waals surface area contributed by atoms with Crippen molar-refractivity contribution in [2.75, 3.05) is 11.9 Å². The van der Waals surface area contributed by atoms with Gasteiger partial charge in [-0.2, -0.15) is 0 Å². The molecule has 2 aromatic carbocycles. The maximum Gasteiger partial charge on any atom is 0.262 e. The summed E-state index contributed by atoms with van der Waals surface area (Å²) in [5.74, 6) is -0.265. The average molecular weight is 288 g/mol. The number of rotatable bonds is 5. The molecule has 3 N–H and O–H groups in total. The minimum absolute atomic E-state index is 0.166. The maximum absolute atomic E-state index is 13.2. The molecule has 0 radical (unpaired) electrons. The van der Waals surface area contributed by atoms with Crippen molar-refractivity contribution >= 4 is 11.6 Å². The quantitative estimate of drug-likeness (QED) is 0.889. The highest BCUT2D eigenvalue weighted by Gasteiger charge is 2.11. The first-order valence-corrected chi connectivity index (χ1v) is 6.59. The molecule has 110 valence electrons. The van der Waals surface area contributed by atoms with Crippen molar-refractivity contribution in [3.8, 4) is 5.75 Å². The Morgan fingerprint density at radius 3 is 2.67 bits per heavy atom. The van der Waals surface area contributed by atoms with Gasteiger partial charge in [0.05, 0.1) is 0 Å². The second kappa shape index (κ2) is 6.85. The number of halogens is 1. The van der Waals surface area contributed by atoms with Crippen LogP contribution in [0.5, 0.6) is 5.75 Å². The number of nitrogens with one attached hydrogen (secondary N) is 1. The van der Waals surface area contributed by atoms with Crippen LogP contribution in [0.1, 0.15) is 18.5 Å². The van der Waals surface area contributed by atoms with Crippen molar-refractivity contribution in [2.45, 2.75) is 13.0 Å². The first-order chi connectivity index (χ1) is 10.1. The molecule has 1 atom stereocenters. The van der Waals surface area contributed by atoms with Crippen LogP contribution >= 0.6 is 0 Å². The number of amides is 1. The molecule has 0 unspecified atom stereocenters. The Hall–Kier alpha value is -2.40. The summed E-state index contributed by atoms with van der Waals surface area (Å²) in [6.07, 6.45) is 0. The highest BCUT2D eigenvalue weighted by molar-refractivity contribution is 5.91. The second-order valence-electron chi connectivity index (χ2n) is 4.67. The van der Waals surface area contributed by atoms with Gasteiger partial charge >= 0.3 is 0 Å². The fourth-order valence-corrected chi connectivity index (χ4v) is 1.87. The number of ether oxygens (including phenoxy) is 1. The van der Waals surface area contributed by atoms with Crippen LogP contribution in [-0.2, 0) is 4.79 Å². The largest absolute Gasteiger partial charge is 0.483 e. The Bertz CT molecular complexity index is 615. The number of hydrogen-bond donors (Lipinski definition) is 2. The van der Waals surface area contributed by atoms with Crippen LogP contribution in [0.4, 0.5) is 10.1 Å². The summed E-state index contributed by atoms with van der Waals surface area (Å²) in [5.41, 5.74) is 6.99. The maximum atomic E-state index is 13.2. The average Bonchev–Trinajstić information content (AvgIpc) is 2.47. The number of nitrogens with two attached hydrogens (primary N) is 1. The van der Waals surface area contributed by atoms with Gasteiger partial charge in [0.1, 0.15) is 11.6 Å². The van der Waals surface area contributed by atoms with Crippen molar-refractivity contribution in [3.63, 3.8) is 0 Å². The molecule has 0 saturated heterocycles. The van der Waals surface area contributed by atoms with Crippen molar-refractivity contribution in [3.05, 3.63) is 59.9 Å². The van der Waals surface area contributed by atoms with Crippen molar-refractivity contribution in [1.82, 2.24) is 0 Å². The van der Waals surface area contributed by atoms with Gasteiger partial charge in [0.15, 0.2) is 6.61 Å². The lowest BCUT2D eigenvalue weighted by molar-refractivity contribution is -0.118. The van der Waals surface area contributed by atoms with E-state index in [0.717, 1.165) is 0 Å². The van der Waals surface area contributed by atoms with Gasteiger partial charge in [-0.25, -0.2) is 4.39 Å². The lowest BCUT2D eigenvalue weighted by Gasteiger charge is -2.14. The Balaban J connectivity index is 1.98. The van der Waals surface area contributed by atoms with Crippen LogP contribution in [-0.4, -0.2) is 12.5 Å². The van der Waals surface area contributed by atoms with E-state index in [1.165, 1.54) is 18.2 Å². The lowest BCUT2D eigenvalue weighted by atomic mass is 10.1. The van der Waals surface area contributed by atoms with E-state index in [0.29, 0.717) is 17.0 Å². The third-order valence-electron chi connectivity index (χ3n) is 2.88. The van der Waals surface area contributed by atoms with Crippen molar-refractivity contribution < 1.29 is 13.9 Å². The molecule has 0 aliphatic carbocycles. The summed E-state index contributed by atoms with van der Waals surface area (Å²) < 4.78 is 18.6. The van der Waals surface area contributed by atoms with Gasteiger partial charge in [-0.3, -0.25) is 4.79 Å². The standard InChI is InChI=1S/C16H17FN2O2/c1-11(18)14-9-12(17)7-8-15(14)21-10-16(20)19-13-5-3-2-4-6-13/h2-9,11H,10,18H2,1H3,(H,19,20)/t11-/m1/s1. The molecule has 2 rings (SSSR count). The van der Waals surface area contributed by atoms with Gasteiger partial charge in [-0.05, 0) is 37.3 Å². The zero-order valence-electron chi connectivity index (χ0n) is 11.7. The predicted molar refractivity (Wildman–Crippen MR) is 79.6 cm³/mol. The Kier molecular flexibility index (Phi) is 4.90. The molecule has 0 aliphatic rings. The predicted octanol–water partition coefficient (Wildman–Crippen LogP) is 2.86. The van der Waals surface area contributed by atoms with Gasteiger partial charge in [-0.15, -0.1) is 0 Å². The Labute approximate surface area is 122 Å². The monoisotopic (exact) mass is 288 g/mol. The topological polar surface area (TPSA) is 64.3 Å². The van der Waals surface area contributed by atoms with Crippen LogP contribution < -0.4 is 15.8 Å². The molecule has 0 spiro atoms. The number of hydrogen-bond acceptors (Lipinski definition) is 3. The zero-order valence-corrected chi connectivity index (χ0v) is 11.7. The van der Waals surface area contributed by atoms with Crippen LogP contribution in [0.25, 0.3) is 0 Å². The van der Waals surface area contributed by atoms with Gasteiger partial charge in [0.25, 0.3) is 5.91 Å². The van der Waals surface area contributed by atoms with Gasteiger partial charge < -0.3 is 15.8 Å². The van der Waals surface area contributed by atoms with E-state index >= 15 is 0 Å². The Morgan fingerprint density at radius 1 is 1.29 bits per heavy atom. The van der Waals surface area contributed by atoms with E-state index in [-0.39, 0.29) is 24.4 Å². The number of para-hydroxylation sites is 1. The fourth-order valence-electron chi connectivity index (χ4n) is 1.87. The van der Waals surface area contributed by atoms with Gasteiger partial charge in [0.2, 0.25) is 0 Å². The molecule has 0 heterocycles. The normalized spacial score (nSPS) is 11.8. The molecular weight excluding hydrogens is 271 g/mol. The van der Waals surface area contributed by atoms with E-state index in [4.69, 9.17) is 10.5 Å².